The van der Waals surface area contributed by atoms with Crippen molar-refractivity contribution >= 4 is 0 Å². The Balaban J connectivity index is 1.59. The molecule has 2 nitrogen and oxygen atoms in total. The van der Waals surface area contributed by atoms with Crippen molar-refractivity contribution in [2.45, 2.75) is 38.8 Å². The summed E-state index contributed by atoms with van der Waals surface area (Å²) in [6.45, 7) is 3.79. The molecule has 1 aliphatic carbocycles. The van der Waals surface area contributed by atoms with Crippen molar-refractivity contribution in [3.63, 3.8) is 0 Å². The zero-order valence-electron chi connectivity index (χ0n) is 10.4. The molecule has 1 aromatic rings. The molecule has 1 aromatic carbocycles. The van der Waals surface area contributed by atoms with Gasteiger partial charge in [0.1, 0.15) is 0 Å². The largest absolute Gasteiger partial charge is 0.392 e. The molecule has 1 aliphatic heterocycles. The van der Waals surface area contributed by atoms with Crippen LogP contribution in [0.15, 0.2) is 24.3 Å². The molecule has 0 radical (unpaired) electrons. The van der Waals surface area contributed by atoms with E-state index < -0.39 is 0 Å². The van der Waals surface area contributed by atoms with Crippen LogP contribution >= 0.6 is 0 Å². The van der Waals surface area contributed by atoms with E-state index in [1.54, 1.807) is 0 Å². The third kappa shape index (κ3) is 2.24. The van der Waals surface area contributed by atoms with E-state index in [0.29, 0.717) is 5.41 Å². The number of likely N-dealkylation sites (tertiary alicyclic amines) is 1. The first kappa shape index (κ1) is 11.2. The molecule has 1 spiro atoms. The van der Waals surface area contributed by atoms with Crippen LogP contribution in [0.3, 0.4) is 0 Å². The van der Waals surface area contributed by atoms with E-state index in [-0.39, 0.29) is 6.61 Å². The van der Waals surface area contributed by atoms with Gasteiger partial charge in [-0.15, -0.1) is 0 Å². The fourth-order valence-electron chi connectivity index (χ4n) is 3.26. The van der Waals surface area contributed by atoms with Gasteiger partial charge in [0.15, 0.2) is 0 Å². The van der Waals surface area contributed by atoms with Gasteiger partial charge in [-0.2, -0.15) is 0 Å². The Kier molecular flexibility index (Phi) is 2.93. The van der Waals surface area contributed by atoms with Gasteiger partial charge in [0.05, 0.1) is 6.61 Å². The van der Waals surface area contributed by atoms with Crippen molar-refractivity contribution in [3.05, 3.63) is 35.4 Å². The van der Waals surface area contributed by atoms with Crippen molar-refractivity contribution in [1.82, 2.24) is 4.90 Å². The quantitative estimate of drug-likeness (QED) is 0.864. The van der Waals surface area contributed by atoms with Gasteiger partial charge in [0.2, 0.25) is 0 Å². The fraction of sp³-hybridized carbons (Fsp3) is 0.600. The standard InChI is InChI=1S/C15H21NO/c17-11-14-4-2-13(3-5-14)10-16-9-8-15(12-16)6-1-7-15/h2-5,17H,1,6-12H2. The third-order valence-corrected chi connectivity index (χ3v) is 4.54. The van der Waals surface area contributed by atoms with Crippen LogP contribution in [0, 0.1) is 5.41 Å². The Morgan fingerprint density at radius 3 is 2.29 bits per heavy atom. The molecule has 0 unspecified atom stereocenters. The first-order valence-electron chi connectivity index (χ1n) is 6.71. The first-order valence-corrected chi connectivity index (χ1v) is 6.71. The molecule has 0 atom stereocenters. The molecule has 92 valence electrons. The molecular formula is C15H21NO. The summed E-state index contributed by atoms with van der Waals surface area (Å²) in [5.74, 6) is 0. The average Bonchev–Trinajstić information content (AvgIpc) is 2.74. The molecule has 0 bridgehead atoms. The summed E-state index contributed by atoms with van der Waals surface area (Å²) < 4.78 is 0. The highest BCUT2D eigenvalue weighted by atomic mass is 16.3. The highest BCUT2D eigenvalue weighted by molar-refractivity contribution is 5.22. The zero-order valence-corrected chi connectivity index (χ0v) is 10.4. The Hall–Kier alpha value is -0.860. The van der Waals surface area contributed by atoms with E-state index in [1.165, 1.54) is 44.3 Å². The van der Waals surface area contributed by atoms with E-state index in [2.05, 4.69) is 17.0 Å². The molecule has 1 saturated carbocycles. The molecule has 1 N–H and O–H groups in total. The molecular weight excluding hydrogens is 210 g/mol. The Morgan fingerprint density at radius 1 is 1.06 bits per heavy atom. The Bertz CT molecular complexity index is 380. The lowest BCUT2D eigenvalue weighted by atomic mass is 9.68. The van der Waals surface area contributed by atoms with Gasteiger partial charge in [0.25, 0.3) is 0 Å². The summed E-state index contributed by atoms with van der Waals surface area (Å²) in [6, 6.07) is 8.36. The monoisotopic (exact) mass is 231 g/mol. The molecule has 2 fully saturated rings. The molecule has 1 heterocycles. The molecule has 3 rings (SSSR count). The lowest BCUT2D eigenvalue weighted by Gasteiger charge is -2.38. The van der Waals surface area contributed by atoms with Gasteiger partial charge in [-0.25, -0.2) is 0 Å². The predicted molar refractivity (Wildman–Crippen MR) is 68.5 cm³/mol. The summed E-state index contributed by atoms with van der Waals surface area (Å²) in [5.41, 5.74) is 3.08. The second kappa shape index (κ2) is 4.43. The average molecular weight is 231 g/mol. The third-order valence-electron chi connectivity index (χ3n) is 4.54. The van der Waals surface area contributed by atoms with Crippen molar-refractivity contribution in [3.8, 4) is 0 Å². The normalized spacial score (nSPS) is 22.9. The summed E-state index contributed by atoms with van der Waals surface area (Å²) in [4.78, 5) is 2.59. The second-order valence-electron chi connectivity index (χ2n) is 5.79. The van der Waals surface area contributed by atoms with E-state index in [4.69, 9.17) is 5.11 Å². The number of hydrogen-bond acceptors (Lipinski definition) is 2. The molecule has 2 heteroatoms. The topological polar surface area (TPSA) is 23.5 Å². The number of aliphatic hydroxyl groups is 1. The van der Waals surface area contributed by atoms with Gasteiger partial charge in [-0.3, -0.25) is 4.90 Å². The molecule has 0 aromatic heterocycles. The lowest BCUT2D eigenvalue weighted by Crippen LogP contribution is -2.32. The number of rotatable bonds is 3. The van der Waals surface area contributed by atoms with Crippen LogP contribution in [-0.4, -0.2) is 23.1 Å². The first-order chi connectivity index (χ1) is 8.30. The van der Waals surface area contributed by atoms with Gasteiger partial charge < -0.3 is 5.11 Å². The van der Waals surface area contributed by atoms with E-state index >= 15 is 0 Å². The molecule has 17 heavy (non-hydrogen) atoms. The maximum absolute atomic E-state index is 9.01. The van der Waals surface area contributed by atoms with E-state index in [9.17, 15) is 0 Å². The molecule has 2 aliphatic rings. The van der Waals surface area contributed by atoms with E-state index in [0.717, 1.165) is 12.1 Å². The Labute approximate surface area is 103 Å². The van der Waals surface area contributed by atoms with Crippen LogP contribution in [0.2, 0.25) is 0 Å². The minimum atomic E-state index is 0.146. The fourth-order valence-corrected chi connectivity index (χ4v) is 3.26. The predicted octanol–water partition coefficient (Wildman–Crippen LogP) is 2.55. The van der Waals surface area contributed by atoms with Gasteiger partial charge in [-0.05, 0) is 42.3 Å². The highest BCUT2D eigenvalue weighted by Gasteiger charge is 2.42. The van der Waals surface area contributed by atoms with Crippen LogP contribution in [0.25, 0.3) is 0 Å². The van der Waals surface area contributed by atoms with Crippen LogP contribution < -0.4 is 0 Å². The van der Waals surface area contributed by atoms with Gasteiger partial charge >= 0.3 is 0 Å². The van der Waals surface area contributed by atoms with Gasteiger partial charge in [-0.1, -0.05) is 30.7 Å². The van der Waals surface area contributed by atoms with Gasteiger partial charge in [0, 0.05) is 13.1 Å². The maximum atomic E-state index is 9.01. The number of benzene rings is 1. The van der Waals surface area contributed by atoms with Crippen LogP contribution in [0.5, 0.6) is 0 Å². The van der Waals surface area contributed by atoms with Crippen LogP contribution in [-0.2, 0) is 13.2 Å². The van der Waals surface area contributed by atoms with Crippen molar-refractivity contribution < 1.29 is 5.11 Å². The zero-order chi connectivity index (χ0) is 11.7. The molecule has 0 amide bonds. The summed E-state index contributed by atoms with van der Waals surface area (Å²) >= 11 is 0. The van der Waals surface area contributed by atoms with Crippen molar-refractivity contribution in [1.29, 1.82) is 0 Å². The molecule has 1 saturated heterocycles. The maximum Gasteiger partial charge on any atom is 0.0681 e. The second-order valence-corrected chi connectivity index (χ2v) is 5.79. The summed E-state index contributed by atoms with van der Waals surface area (Å²) in [7, 11) is 0. The van der Waals surface area contributed by atoms with Crippen molar-refractivity contribution in [2.75, 3.05) is 13.1 Å². The number of hydrogen-bond donors (Lipinski definition) is 1. The minimum Gasteiger partial charge on any atom is -0.392 e. The minimum absolute atomic E-state index is 0.146. The SMILES string of the molecule is OCc1ccc(CN2CCC3(CCC3)C2)cc1. The number of nitrogens with zero attached hydrogens (tertiary/aromatic N) is 1. The van der Waals surface area contributed by atoms with Crippen LogP contribution in [0.4, 0.5) is 0 Å². The van der Waals surface area contributed by atoms with E-state index in [1.807, 2.05) is 12.1 Å². The number of aliphatic hydroxyl groups excluding tert-OH is 1. The van der Waals surface area contributed by atoms with Crippen LogP contribution in [0.1, 0.15) is 36.8 Å². The smallest absolute Gasteiger partial charge is 0.0681 e. The lowest BCUT2D eigenvalue weighted by molar-refractivity contribution is 0.137. The highest BCUT2D eigenvalue weighted by Crippen LogP contribution is 2.48. The van der Waals surface area contributed by atoms with Crippen molar-refractivity contribution in [2.24, 2.45) is 5.41 Å². The summed E-state index contributed by atoms with van der Waals surface area (Å²) in [5, 5.41) is 9.01. The summed E-state index contributed by atoms with van der Waals surface area (Å²) in [6.07, 6.45) is 5.75. The Morgan fingerprint density at radius 2 is 1.76 bits per heavy atom.